The van der Waals surface area contributed by atoms with Gasteiger partial charge in [-0.3, -0.25) is 9.79 Å². The summed E-state index contributed by atoms with van der Waals surface area (Å²) in [4.78, 5) is 16.2. The number of benzene rings is 1. The standard InChI is InChI=1S/C18H28N4O2/c1-19-18(20-12-14-8-10-16(24-2)11-9-14)21-13-17(23)22-15-6-4-3-5-7-15/h8-11,15H,3-7,12-13H2,1-2H3,(H,22,23)(H2,19,20,21). The fourth-order valence-electron chi connectivity index (χ4n) is 2.84. The Morgan fingerprint density at radius 1 is 1.17 bits per heavy atom. The molecule has 1 saturated carbocycles. The van der Waals surface area contributed by atoms with E-state index in [0.717, 1.165) is 24.2 Å². The van der Waals surface area contributed by atoms with Crippen molar-refractivity contribution in [3.8, 4) is 5.75 Å². The fourth-order valence-corrected chi connectivity index (χ4v) is 2.84. The zero-order valence-corrected chi connectivity index (χ0v) is 14.6. The molecule has 6 nitrogen and oxygen atoms in total. The van der Waals surface area contributed by atoms with Gasteiger partial charge in [-0.2, -0.15) is 0 Å². The highest BCUT2D eigenvalue weighted by Gasteiger charge is 2.15. The van der Waals surface area contributed by atoms with E-state index in [0.29, 0.717) is 18.5 Å². The predicted molar refractivity (Wildman–Crippen MR) is 96.2 cm³/mol. The summed E-state index contributed by atoms with van der Waals surface area (Å²) in [5, 5.41) is 9.34. The molecule has 1 aromatic carbocycles. The van der Waals surface area contributed by atoms with Gasteiger partial charge >= 0.3 is 0 Å². The molecule has 1 aromatic rings. The average Bonchev–Trinajstić information content (AvgIpc) is 2.63. The zero-order valence-electron chi connectivity index (χ0n) is 14.6. The first kappa shape index (κ1) is 18.1. The first-order valence-electron chi connectivity index (χ1n) is 8.58. The van der Waals surface area contributed by atoms with E-state index in [1.807, 2.05) is 24.3 Å². The summed E-state index contributed by atoms with van der Waals surface area (Å²) in [5.41, 5.74) is 1.12. The minimum atomic E-state index is 0.0225. The maximum Gasteiger partial charge on any atom is 0.239 e. The van der Waals surface area contributed by atoms with Gasteiger partial charge in [0, 0.05) is 19.6 Å². The third kappa shape index (κ3) is 6.10. The van der Waals surface area contributed by atoms with Gasteiger partial charge in [-0.25, -0.2) is 0 Å². The van der Waals surface area contributed by atoms with Gasteiger partial charge in [0.25, 0.3) is 0 Å². The average molecular weight is 332 g/mol. The van der Waals surface area contributed by atoms with Gasteiger partial charge in [-0.05, 0) is 30.5 Å². The van der Waals surface area contributed by atoms with E-state index < -0.39 is 0 Å². The highest BCUT2D eigenvalue weighted by atomic mass is 16.5. The van der Waals surface area contributed by atoms with Gasteiger partial charge in [0.1, 0.15) is 5.75 Å². The Labute approximate surface area is 144 Å². The van der Waals surface area contributed by atoms with Crippen LogP contribution in [-0.2, 0) is 11.3 Å². The number of guanidine groups is 1. The molecular weight excluding hydrogens is 304 g/mol. The molecule has 24 heavy (non-hydrogen) atoms. The maximum atomic E-state index is 12.0. The smallest absolute Gasteiger partial charge is 0.239 e. The van der Waals surface area contributed by atoms with Crippen LogP contribution in [0.2, 0.25) is 0 Å². The number of nitrogens with zero attached hydrogens (tertiary/aromatic N) is 1. The Hall–Kier alpha value is -2.24. The Balaban J connectivity index is 1.70. The minimum absolute atomic E-state index is 0.0225. The second-order valence-electron chi connectivity index (χ2n) is 6.03. The van der Waals surface area contributed by atoms with Crippen molar-refractivity contribution in [1.29, 1.82) is 0 Å². The Morgan fingerprint density at radius 2 is 1.88 bits per heavy atom. The first-order valence-corrected chi connectivity index (χ1v) is 8.58. The normalized spacial score (nSPS) is 15.7. The number of rotatable bonds is 6. The number of carbonyl (C=O) groups is 1. The molecule has 0 saturated heterocycles. The summed E-state index contributed by atoms with van der Waals surface area (Å²) in [6.07, 6.45) is 5.89. The molecule has 1 fully saturated rings. The molecule has 0 spiro atoms. The van der Waals surface area contributed by atoms with E-state index in [2.05, 4.69) is 20.9 Å². The van der Waals surface area contributed by atoms with E-state index in [9.17, 15) is 4.79 Å². The van der Waals surface area contributed by atoms with Crippen LogP contribution in [0.15, 0.2) is 29.3 Å². The van der Waals surface area contributed by atoms with Gasteiger partial charge in [-0.15, -0.1) is 0 Å². The van der Waals surface area contributed by atoms with Crippen molar-refractivity contribution in [3.63, 3.8) is 0 Å². The fraction of sp³-hybridized carbons (Fsp3) is 0.556. The molecule has 0 aliphatic heterocycles. The molecule has 1 aliphatic rings. The lowest BCUT2D eigenvalue weighted by atomic mass is 9.95. The maximum absolute atomic E-state index is 12.0. The van der Waals surface area contributed by atoms with Crippen LogP contribution in [0.25, 0.3) is 0 Å². The van der Waals surface area contributed by atoms with Crippen molar-refractivity contribution >= 4 is 11.9 Å². The van der Waals surface area contributed by atoms with Crippen LogP contribution in [0.5, 0.6) is 5.75 Å². The van der Waals surface area contributed by atoms with Crippen molar-refractivity contribution in [1.82, 2.24) is 16.0 Å². The zero-order chi connectivity index (χ0) is 17.2. The molecule has 1 aliphatic carbocycles. The molecule has 0 aromatic heterocycles. The lowest BCUT2D eigenvalue weighted by Gasteiger charge is -2.23. The molecule has 0 radical (unpaired) electrons. The lowest BCUT2D eigenvalue weighted by Crippen LogP contribution is -2.45. The van der Waals surface area contributed by atoms with E-state index in [1.165, 1.54) is 19.3 Å². The van der Waals surface area contributed by atoms with Gasteiger partial charge in [0.2, 0.25) is 5.91 Å². The summed E-state index contributed by atoms with van der Waals surface area (Å²) in [7, 11) is 3.35. The first-order chi connectivity index (χ1) is 11.7. The minimum Gasteiger partial charge on any atom is -0.497 e. The Morgan fingerprint density at radius 3 is 2.50 bits per heavy atom. The van der Waals surface area contributed by atoms with Crippen LogP contribution >= 0.6 is 0 Å². The molecular formula is C18H28N4O2. The summed E-state index contributed by atoms with van der Waals surface area (Å²) in [6.45, 7) is 0.868. The molecule has 0 atom stereocenters. The Kier molecular flexibility index (Phi) is 7.39. The summed E-state index contributed by atoms with van der Waals surface area (Å²) in [5.74, 6) is 1.47. The number of amides is 1. The molecule has 2 rings (SSSR count). The van der Waals surface area contributed by atoms with Crippen LogP contribution in [0.3, 0.4) is 0 Å². The van der Waals surface area contributed by atoms with Crippen molar-refractivity contribution in [2.24, 2.45) is 4.99 Å². The molecule has 0 bridgehead atoms. The summed E-state index contributed by atoms with van der Waals surface area (Å²) in [6, 6.07) is 8.17. The van der Waals surface area contributed by atoms with Crippen molar-refractivity contribution in [3.05, 3.63) is 29.8 Å². The highest BCUT2D eigenvalue weighted by Crippen LogP contribution is 2.17. The van der Waals surface area contributed by atoms with Gasteiger partial charge < -0.3 is 20.7 Å². The summed E-state index contributed by atoms with van der Waals surface area (Å²) >= 11 is 0. The third-order valence-corrected chi connectivity index (χ3v) is 4.23. The topological polar surface area (TPSA) is 74.8 Å². The lowest BCUT2D eigenvalue weighted by molar-refractivity contribution is -0.120. The number of hydrogen-bond acceptors (Lipinski definition) is 3. The number of hydrogen-bond donors (Lipinski definition) is 3. The van der Waals surface area contributed by atoms with Crippen molar-refractivity contribution < 1.29 is 9.53 Å². The van der Waals surface area contributed by atoms with Crippen LogP contribution in [-0.4, -0.2) is 38.6 Å². The number of methoxy groups -OCH3 is 1. The monoisotopic (exact) mass is 332 g/mol. The molecule has 0 heterocycles. The molecule has 0 unspecified atom stereocenters. The second kappa shape index (κ2) is 9.80. The third-order valence-electron chi connectivity index (χ3n) is 4.23. The number of ether oxygens (including phenoxy) is 1. The number of carbonyl (C=O) groups excluding carboxylic acids is 1. The molecule has 132 valence electrons. The largest absolute Gasteiger partial charge is 0.497 e. The quantitative estimate of drug-likeness (QED) is 0.549. The van der Waals surface area contributed by atoms with Crippen LogP contribution in [0.1, 0.15) is 37.7 Å². The van der Waals surface area contributed by atoms with Crippen molar-refractivity contribution in [2.75, 3.05) is 20.7 Å². The molecule has 1 amide bonds. The Bertz CT molecular complexity index is 536. The molecule has 6 heteroatoms. The van der Waals surface area contributed by atoms with Crippen LogP contribution < -0.4 is 20.7 Å². The van der Waals surface area contributed by atoms with E-state index >= 15 is 0 Å². The van der Waals surface area contributed by atoms with Crippen LogP contribution in [0.4, 0.5) is 0 Å². The molecule has 3 N–H and O–H groups in total. The van der Waals surface area contributed by atoms with Gasteiger partial charge in [0.05, 0.1) is 13.7 Å². The summed E-state index contributed by atoms with van der Waals surface area (Å²) < 4.78 is 5.14. The SMILES string of the molecule is CN=C(NCC(=O)NC1CCCCC1)NCc1ccc(OC)cc1. The van der Waals surface area contributed by atoms with E-state index in [1.54, 1.807) is 14.2 Å². The second-order valence-corrected chi connectivity index (χ2v) is 6.03. The highest BCUT2D eigenvalue weighted by molar-refractivity contribution is 5.86. The van der Waals surface area contributed by atoms with Gasteiger partial charge in [-0.1, -0.05) is 31.4 Å². The van der Waals surface area contributed by atoms with Crippen molar-refractivity contribution in [2.45, 2.75) is 44.7 Å². The number of aliphatic imine (C=N–C) groups is 1. The van der Waals surface area contributed by atoms with E-state index in [4.69, 9.17) is 4.74 Å². The van der Waals surface area contributed by atoms with E-state index in [-0.39, 0.29) is 12.5 Å². The predicted octanol–water partition coefficient (Wildman–Crippen LogP) is 1.81. The van der Waals surface area contributed by atoms with Crippen LogP contribution in [0, 0.1) is 0 Å². The number of nitrogens with one attached hydrogen (secondary N) is 3. The van der Waals surface area contributed by atoms with Gasteiger partial charge in [0.15, 0.2) is 5.96 Å².